The summed E-state index contributed by atoms with van der Waals surface area (Å²) < 4.78 is 12.1. The van der Waals surface area contributed by atoms with Crippen molar-refractivity contribution in [1.82, 2.24) is 4.57 Å². The molecule has 0 spiro atoms. The highest BCUT2D eigenvalue weighted by Crippen LogP contribution is 2.27. The maximum Gasteiger partial charge on any atom is 0.275 e. The van der Waals surface area contributed by atoms with Gasteiger partial charge in [0.1, 0.15) is 0 Å². The first-order chi connectivity index (χ1) is 16.8. The molecule has 0 saturated carbocycles. The normalized spacial score (nSPS) is 12.1. The summed E-state index contributed by atoms with van der Waals surface area (Å²) in [6.07, 6.45) is 3.29. The van der Waals surface area contributed by atoms with Crippen LogP contribution in [0.5, 0.6) is 23.0 Å². The van der Waals surface area contributed by atoms with Gasteiger partial charge in [-0.3, -0.25) is 9.59 Å². The third kappa shape index (κ3) is 4.97. The SMILES string of the molecule is COc1cc(C=c2sc(=Cc3ccc(O)c(OC)c3)c(=O)n(-c3ccc(C)cc3)c2=O)ccc1O. The maximum atomic E-state index is 13.4. The number of hydrogen-bond acceptors (Lipinski definition) is 7. The molecule has 0 radical (unpaired) electrons. The number of hydrogen-bond donors (Lipinski definition) is 2. The van der Waals surface area contributed by atoms with Crippen LogP contribution in [0.3, 0.4) is 0 Å². The van der Waals surface area contributed by atoms with Gasteiger partial charge in [0, 0.05) is 0 Å². The molecule has 3 aromatic carbocycles. The molecule has 4 aromatic rings. The van der Waals surface area contributed by atoms with Crippen molar-refractivity contribution in [3.63, 3.8) is 0 Å². The predicted molar refractivity (Wildman–Crippen MR) is 137 cm³/mol. The Kier molecular flexibility index (Phi) is 6.75. The first-order valence-electron chi connectivity index (χ1n) is 10.6. The van der Waals surface area contributed by atoms with E-state index >= 15 is 0 Å². The molecule has 1 aromatic heterocycles. The van der Waals surface area contributed by atoms with E-state index in [1.807, 2.05) is 19.1 Å². The number of aromatic nitrogens is 1. The number of aromatic hydroxyl groups is 2. The molecule has 0 amide bonds. The molecule has 0 atom stereocenters. The van der Waals surface area contributed by atoms with E-state index in [4.69, 9.17) is 9.47 Å². The van der Waals surface area contributed by atoms with Crippen molar-refractivity contribution < 1.29 is 19.7 Å². The highest BCUT2D eigenvalue weighted by molar-refractivity contribution is 7.07. The Hall–Kier alpha value is -4.30. The van der Waals surface area contributed by atoms with E-state index in [0.29, 0.717) is 25.9 Å². The molecule has 0 unspecified atom stereocenters. The fourth-order valence-corrected chi connectivity index (χ4v) is 4.48. The van der Waals surface area contributed by atoms with Crippen LogP contribution >= 0.6 is 11.3 Å². The Labute approximate surface area is 204 Å². The summed E-state index contributed by atoms with van der Waals surface area (Å²) >= 11 is 1.05. The fourth-order valence-electron chi connectivity index (χ4n) is 3.50. The third-order valence-electron chi connectivity index (χ3n) is 5.34. The number of phenolic OH excluding ortho intramolecular Hbond substituents is 2. The highest BCUT2D eigenvalue weighted by Gasteiger charge is 2.10. The van der Waals surface area contributed by atoms with Gasteiger partial charge in [-0.25, -0.2) is 4.57 Å². The van der Waals surface area contributed by atoms with Crippen LogP contribution in [0.4, 0.5) is 0 Å². The first kappa shape index (κ1) is 23.8. The number of rotatable bonds is 5. The molecule has 2 N–H and O–H groups in total. The van der Waals surface area contributed by atoms with Crippen LogP contribution in [-0.2, 0) is 0 Å². The van der Waals surface area contributed by atoms with E-state index < -0.39 is 11.1 Å². The molecule has 0 aliphatic carbocycles. The van der Waals surface area contributed by atoms with Crippen molar-refractivity contribution in [2.24, 2.45) is 0 Å². The monoisotopic (exact) mass is 489 g/mol. The Morgan fingerprint density at radius 1 is 0.743 bits per heavy atom. The van der Waals surface area contributed by atoms with Gasteiger partial charge in [-0.2, -0.15) is 0 Å². The molecule has 0 bridgehead atoms. The molecule has 0 aliphatic rings. The summed E-state index contributed by atoms with van der Waals surface area (Å²) in [4.78, 5) is 26.9. The molecule has 4 rings (SSSR count). The summed E-state index contributed by atoms with van der Waals surface area (Å²) in [5.41, 5.74) is 1.78. The van der Waals surface area contributed by atoms with E-state index in [9.17, 15) is 19.8 Å². The average molecular weight is 490 g/mol. The van der Waals surface area contributed by atoms with E-state index in [1.54, 1.807) is 48.6 Å². The van der Waals surface area contributed by atoms with Crippen LogP contribution in [0.1, 0.15) is 16.7 Å². The molecule has 8 heteroatoms. The number of nitrogens with zero attached hydrogens (tertiary/aromatic N) is 1. The van der Waals surface area contributed by atoms with Gasteiger partial charge in [0.2, 0.25) is 0 Å². The van der Waals surface area contributed by atoms with Crippen molar-refractivity contribution in [3.8, 4) is 28.7 Å². The van der Waals surface area contributed by atoms with Crippen LogP contribution in [-0.4, -0.2) is 29.0 Å². The van der Waals surface area contributed by atoms with Crippen molar-refractivity contribution >= 4 is 23.5 Å². The molecule has 0 aliphatic heterocycles. The van der Waals surface area contributed by atoms with Crippen LogP contribution in [0.2, 0.25) is 0 Å². The van der Waals surface area contributed by atoms with Gasteiger partial charge >= 0.3 is 0 Å². The van der Waals surface area contributed by atoms with Gasteiger partial charge in [-0.05, 0) is 66.6 Å². The van der Waals surface area contributed by atoms with E-state index in [0.717, 1.165) is 21.5 Å². The van der Waals surface area contributed by atoms with Crippen molar-refractivity contribution in [1.29, 1.82) is 0 Å². The summed E-state index contributed by atoms with van der Waals surface area (Å²) in [5.74, 6) is 0.503. The van der Waals surface area contributed by atoms with Crippen LogP contribution in [0.15, 0.2) is 70.3 Å². The topological polar surface area (TPSA) is 98.0 Å². The van der Waals surface area contributed by atoms with Crippen LogP contribution in [0, 0.1) is 6.92 Å². The van der Waals surface area contributed by atoms with E-state index in [2.05, 4.69) is 0 Å². The number of benzene rings is 3. The average Bonchev–Trinajstić information content (AvgIpc) is 2.85. The zero-order chi connectivity index (χ0) is 25.1. The fraction of sp³-hybridized carbons (Fsp3) is 0.111. The van der Waals surface area contributed by atoms with Crippen molar-refractivity contribution in [2.45, 2.75) is 6.92 Å². The summed E-state index contributed by atoms with van der Waals surface area (Å²) in [5, 5.41) is 19.8. The molecule has 178 valence electrons. The smallest absolute Gasteiger partial charge is 0.275 e. The molecule has 0 fully saturated rings. The van der Waals surface area contributed by atoms with Gasteiger partial charge < -0.3 is 19.7 Å². The molecule has 35 heavy (non-hydrogen) atoms. The molecule has 0 saturated heterocycles. The largest absolute Gasteiger partial charge is 0.504 e. The number of phenols is 2. The first-order valence-corrected chi connectivity index (χ1v) is 11.4. The Bertz CT molecular complexity index is 1540. The Morgan fingerprint density at radius 3 is 1.63 bits per heavy atom. The molecular formula is C27H23NO6S. The van der Waals surface area contributed by atoms with E-state index in [-0.39, 0.29) is 23.0 Å². The maximum absolute atomic E-state index is 13.4. The highest BCUT2D eigenvalue weighted by atomic mass is 32.1. The minimum absolute atomic E-state index is 0.0180. The van der Waals surface area contributed by atoms with Gasteiger partial charge in [0.15, 0.2) is 23.0 Å². The van der Waals surface area contributed by atoms with Crippen LogP contribution in [0.25, 0.3) is 17.8 Å². The standard InChI is InChI=1S/C27H23NO6S/c1-16-4-8-19(9-5-16)28-26(31)24(14-17-6-10-20(29)22(12-17)33-2)35-25(27(28)32)15-18-7-11-21(30)23(13-18)34-3/h4-15,29-30H,1-3H3. The van der Waals surface area contributed by atoms with Gasteiger partial charge in [0.05, 0.1) is 29.0 Å². The second kappa shape index (κ2) is 9.90. The van der Waals surface area contributed by atoms with Gasteiger partial charge in [0.25, 0.3) is 11.1 Å². The lowest BCUT2D eigenvalue weighted by Crippen LogP contribution is -2.47. The summed E-state index contributed by atoms with van der Waals surface area (Å²) in [6, 6.07) is 16.6. The zero-order valence-corrected chi connectivity index (χ0v) is 20.1. The number of methoxy groups -OCH3 is 2. The Balaban J connectivity index is 2.04. The summed E-state index contributed by atoms with van der Waals surface area (Å²) in [6.45, 7) is 1.92. The lowest BCUT2D eigenvalue weighted by Gasteiger charge is -2.07. The lowest BCUT2D eigenvalue weighted by molar-refractivity contribution is 0.373. The minimum Gasteiger partial charge on any atom is -0.504 e. The predicted octanol–water partition coefficient (Wildman–Crippen LogP) is 2.65. The van der Waals surface area contributed by atoms with Crippen LogP contribution < -0.4 is 29.7 Å². The molecular weight excluding hydrogens is 466 g/mol. The van der Waals surface area contributed by atoms with Gasteiger partial charge in [-0.1, -0.05) is 29.8 Å². The van der Waals surface area contributed by atoms with Crippen molar-refractivity contribution in [2.75, 3.05) is 14.2 Å². The summed E-state index contributed by atoms with van der Waals surface area (Å²) in [7, 11) is 2.88. The van der Waals surface area contributed by atoms with Crippen molar-refractivity contribution in [3.05, 3.63) is 107 Å². The quantitative estimate of drug-likeness (QED) is 0.447. The lowest BCUT2D eigenvalue weighted by atomic mass is 10.2. The zero-order valence-electron chi connectivity index (χ0n) is 19.3. The van der Waals surface area contributed by atoms with E-state index in [1.165, 1.54) is 26.4 Å². The number of ether oxygens (including phenoxy) is 2. The third-order valence-corrected chi connectivity index (χ3v) is 6.37. The van der Waals surface area contributed by atoms with Gasteiger partial charge in [-0.15, -0.1) is 11.3 Å². The minimum atomic E-state index is -0.462. The number of aryl methyl sites for hydroxylation is 1. The second-order valence-corrected chi connectivity index (χ2v) is 8.85. The second-order valence-electron chi connectivity index (χ2n) is 7.76. The Morgan fingerprint density at radius 2 is 1.20 bits per heavy atom. The molecule has 1 heterocycles. The molecule has 7 nitrogen and oxygen atoms in total.